The summed E-state index contributed by atoms with van der Waals surface area (Å²) in [6, 6.07) is 0. The van der Waals surface area contributed by atoms with Crippen LogP contribution in [0.25, 0.3) is 0 Å². The van der Waals surface area contributed by atoms with Crippen LogP contribution in [-0.2, 0) is 9.53 Å². The Kier molecular flexibility index (Phi) is 5.23. The first-order chi connectivity index (χ1) is 4.81. The number of hydrogen-bond donors (Lipinski definition) is 0. The van der Waals surface area contributed by atoms with Crippen LogP contribution in [0.2, 0.25) is 0 Å². The van der Waals surface area contributed by atoms with E-state index < -0.39 is 5.97 Å². The Labute approximate surface area is 59.6 Å². The molecule has 4 nitrogen and oxygen atoms in total. The van der Waals surface area contributed by atoms with Crippen molar-refractivity contribution in [3.63, 3.8) is 0 Å². The van der Waals surface area contributed by atoms with E-state index in [9.17, 15) is 4.79 Å². The Morgan fingerprint density at radius 3 is 2.90 bits per heavy atom. The van der Waals surface area contributed by atoms with Crippen molar-refractivity contribution in [3.05, 3.63) is 12.3 Å². The molecule has 0 bridgehead atoms. The number of carbonyl (C=O) groups is 1. The molecule has 56 valence electrons. The highest BCUT2D eigenvalue weighted by Gasteiger charge is 1.89. The molecule has 0 radical (unpaired) electrons. The number of hydrogen-bond acceptors (Lipinski definition) is 4. The van der Waals surface area contributed by atoms with E-state index in [-0.39, 0.29) is 0 Å². The normalized spacial score (nSPS) is 11.0. The van der Waals surface area contributed by atoms with Gasteiger partial charge >= 0.3 is 5.97 Å². The van der Waals surface area contributed by atoms with Crippen LogP contribution in [0.15, 0.2) is 22.5 Å². The first-order valence-electron chi connectivity index (χ1n) is 2.93. The van der Waals surface area contributed by atoms with E-state index in [1.165, 1.54) is 19.3 Å². The van der Waals surface area contributed by atoms with Gasteiger partial charge in [0.1, 0.15) is 0 Å². The lowest BCUT2D eigenvalue weighted by Crippen LogP contribution is -1.98. The zero-order chi connectivity index (χ0) is 7.82. The average Bonchev–Trinajstić information content (AvgIpc) is 1.89. The van der Waals surface area contributed by atoms with Gasteiger partial charge in [0, 0.05) is 13.1 Å². The molecule has 0 unspecified atom stereocenters. The van der Waals surface area contributed by atoms with Crippen molar-refractivity contribution in [3.8, 4) is 0 Å². The lowest BCUT2D eigenvalue weighted by Gasteiger charge is -1.91. The van der Waals surface area contributed by atoms with Crippen molar-refractivity contribution in [2.24, 2.45) is 10.2 Å². The summed E-state index contributed by atoms with van der Waals surface area (Å²) in [4.78, 5) is 10.5. The third kappa shape index (κ3) is 4.96. The second-order valence-electron chi connectivity index (χ2n) is 1.38. The molecule has 0 aromatic rings. The molecule has 0 aliphatic rings. The molecule has 0 heterocycles. The maximum atomic E-state index is 10.5. The van der Waals surface area contributed by atoms with Gasteiger partial charge < -0.3 is 4.74 Å². The minimum atomic E-state index is -0.394. The molecule has 0 rings (SSSR count). The van der Waals surface area contributed by atoms with Crippen molar-refractivity contribution in [2.75, 3.05) is 13.7 Å². The molecule has 0 spiro atoms. The molecular formula is C6H10N2O2. The number of ether oxygens (including phenoxy) is 1. The Morgan fingerprint density at radius 2 is 2.40 bits per heavy atom. The molecule has 10 heavy (non-hydrogen) atoms. The smallest absolute Gasteiger partial charge is 0.332 e. The predicted octanol–water partition coefficient (Wildman–Crippen LogP) is 1.15. The number of rotatable bonds is 3. The van der Waals surface area contributed by atoms with Crippen molar-refractivity contribution in [1.82, 2.24) is 0 Å². The summed E-state index contributed by atoms with van der Waals surface area (Å²) in [5.74, 6) is -0.394. The summed E-state index contributed by atoms with van der Waals surface area (Å²) in [6.07, 6.45) is 2.51. The molecule has 0 saturated carbocycles. The second-order valence-corrected chi connectivity index (χ2v) is 1.38. The molecule has 0 amide bonds. The van der Waals surface area contributed by atoms with Gasteiger partial charge in [-0.2, -0.15) is 10.2 Å². The highest BCUT2D eigenvalue weighted by atomic mass is 16.5. The molecule has 0 N–H and O–H groups in total. The van der Waals surface area contributed by atoms with Crippen LogP contribution < -0.4 is 0 Å². The van der Waals surface area contributed by atoms with E-state index in [1.807, 2.05) is 0 Å². The second kappa shape index (κ2) is 5.94. The van der Waals surface area contributed by atoms with E-state index in [2.05, 4.69) is 15.0 Å². The van der Waals surface area contributed by atoms with Crippen molar-refractivity contribution in [2.45, 2.75) is 6.92 Å². The van der Waals surface area contributed by atoms with Gasteiger partial charge in [0.2, 0.25) is 0 Å². The first kappa shape index (κ1) is 8.81. The summed E-state index contributed by atoms with van der Waals surface area (Å²) < 4.78 is 4.56. The fraction of sp³-hybridized carbons (Fsp3) is 0.500. The Bertz CT molecular complexity index is 152. The van der Waals surface area contributed by atoms with Crippen LogP contribution in [0.1, 0.15) is 6.92 Å². The number of carbonyl (C=O) groups excluding carboxylic acids is 1. The van der Waals surface area contributed by atoms with E-state index >= 15 is 0 Å². The molecule has 0 saturated heterocycles. The lowest BCUT2D eigenvalue weighted by atomic mass is 10.6. The molecule has 0 aromatic carbocycles. The van der Waals surface area contributed by atoms with E-state index in [4.69, 9.17) is 0 Å². The Balaban J connectivity index is 3.56. The standard InChI is InChI=1S/C6H10N2O2/c1-3-10-6(9)4-5-8-7-2/h4-5H,3H2,1-2H3/b5-4+,8-7+. The maximum absolute atomic E-state index is 10.5. The number of azo groups is 1. The molecule has 0 fully saturated rings. The Hall–Kier alpha value is -1.19. The molecule has 0 atom stereocenters. The van der Waals surface area contributed by atoms with Gasteiger partial charge in [-0.05, 0) is 6.92 Å². The predicted molar refractivity (Wildman–Crippen MR) is 36.6 cm³/mol. The minimum Gasteiger partial charge on any atom is -0.463 e. The molecular weight excluding hydrogens is 132 g/mol. The molecule has 4 heteroatoms. The van der Waals surface area contributed by atoms with Crippen LogP contribution in [-0.4, -0.2) is 19.6 Å². The van der Waals surface area contributed by atoms with Gasteiger partial charge in [0.25, 0.3) is 0 Å². The average molecular weight is 142 g/mol. The Morgan fingerprint density at radius 1 is 1.70 bits per heavy atom. The topological polar surface area (TPSA) is 51.0 Å². The summed E-state index contributed by atoms with van der Waals surface area (Å²) >= 11 is 0. The SMILES string of the molecule is CCOC(=O)/C=C/N=N/C. The van der Waals surface area contributed by atoms with Gasteiger partial charge in [-0.25, -0.2) is 4.79 Å². The highest BCUT2D eigenvalue weighted by molar-refractivity contribution is 5.81. The van der Waals surface area contributed by atoms with Crippen molar-refractivity contribution in [1.29, 1.82) is 0 Å². The van der Waals surface area contributed by atoms with Crippen LogP contribution in [0.3, 0.4) is 0 Å². The highest BCUT2D eigenvalue weighted by Crippen LogP contribution is 1.81. The van der Waals surface area contributed by atoms with Gasteiger partial charge in [-0.15, -0.1) is 0 Å². The largest absolute Gasteiger partial charge is 0.463 e. The van der Waals surface area contributed by atoms with Crippen LogP contribution in [0, 0.1) is 0 Å². The van der Waals surface area contributed by atoms with Gasteiger partial charge in [-0.1, -0.05) is 0 Å². The van der Waals surface area contributed by atoms with E-state index in [0.717, 1.165) is 0 Å². The zero-order valence-corrected chi connectivity index (χ0v) is 6.07. The van der Waals surface area contributed by atoms with Crippen LogP contribution in [0.4, 0.5) is 0 Å². The molecule has 0 aromatic heterocycles. The molecule has 0 aliphatic heterocycles. The summed E-state index contributed by atoms with van der Waals surface area (Å²) in [7, 11) is 1.52. The van der Waals surface area contributed by atoms with Crippen LogP contribution in [0.5, 0.6) is 0 Å². The summed E-state index contributed by atoms with van der Waals surface area (Å²) in [5, 5.41) is 6.84. The fourth-order valence-corrected chi connectivity index (χ4v) is 0.351. The van der Waals surface area contributed by atoms with Gasteiger partial charge in [0.15, 0.2) is 0 Å². The fourth-order valence-electron chi connectivity index (χ4n) is 0.351. The van der Waals surface area contributed by atoms with E-state index in [1.54, 1.807) is 6.92 Å². The monoisotopic (exact) mass is 142 g/mol. The molecule has 0 aliphatic carbocycles. The van der Waals surface area contributed by atoms with Gasteiger partial charge in [-0.3, -0.25) is 0 Å². The summed E-state index contributed by atoms with van der Waals surface area (Å²) in [6.45, 7) is 2.12. The number of nitrogens with zero attached hydrogens (tertiary/aromatic N) is 2. The van der Waals surface area contributed by atoms with Crippen molar-refractivity contribution < 1.29 is 9.53 Å². The maximum Gasteiger partial charge on any atom is 0.332 e. The summed E-state index contributed by atoms with van der Waals surface area (Å²) in [5.41, 5.74) is 0. The third-order valence-electron chi connectivity index (χ3n) is 0.679. The van der Waals surface area contributed by atoms with Crippen molar-refractivity contribution >= 4 is 5.97 Å². The van der Waals surface area contributed by atoms with Gasteiger partial charge in [0.05, 0.1) is 12.8 Å². The number of esters is 1. The van der Waals surface area contributed by atoms with Crippen LogP contribution >= 0.6 is 0 Å². The first-order valence-corrected chi connectivity index (χ1v) is 2.93. The zero-order valence-electron chi connectivity index (χ0n) is 6.07. The minimum absolute atomic E-state index is 0.381. The third-order valence-corrected chi connectivity index (χ3v) is 0.679. The lowest BCUT2D eigenvalue weighted by molar-refractivity contribution is -0.137. The van der Waals surface area contributed by atoms with E-state index in [0.29, 0.717) is 6.61 Å². The quantitative estimate of drug-likeness (QED) is 0.337.